The van der Waals surface area contributed by atoms with Gasteiger partial charge < -0.3 is 20.3 Å². The molecule has 1 rings (SSSR count). The van der Waals surface area contributed by atoms with Crippen LogP contribution in [-0.4, -0.2) is 62.8 Å². The molecule has 2 N–H and O–H groups in total. The molecule has 0 aliphatic carbocycles. The Morgan fingerprint density at radius 2 is 2.11 bits per heavy atom. The average molecular weight is 271 g/mol. The second-order valence-corrected chi connectivity index (χ2v) is 5.37. The number of carbonyl (C=O) groups is 1. The molecule has 0 saturated carbocycles. The minimum absolute atomic E-state index is 0.0955. The first-order chi connectivity index (χ1) is 9.13. The number of nitrogens with zero attached hydrogens (tertiary/aromatic N) is 1. The van der Waals surface area contributed by atoms with Gasteiger partial charge in [0, 0.05) is 38.4 Å². The van der Waals surface area contributed by atoms with E-state index in [0.29, 0.717) is 18.6 Å². The van der Waals surface area contributed by atoms with Crippen LogP contribution in [0.25, 0.3) is 0 Å². The Kier molecular flexibility index (Phi) is 8.02. The van der Waals surface area contributed by atoms with Gasteiger partial charge in [0.25, 0.3) is 0 Å². The maximum atomic E-state index is 11.7. The Morgan fingerprint density at radius 1 is 1.42 bits per heavy atom. The lowest BCUT2D eigenvalue weighted by Crippen LogP contribution is -2.44. The molecule has 112 valence electrons. The molecular formula is C14H29N3O2. The predicted molar refractivity (Wildman–Crippen MR) is 77.2 cm³/mol. The molecule has 1 unspecified atom stereocenters. The third-order valence-electron chi connectivity index (χ3n) is 3.86. The number of hydrogen-bond donors (Lipinski definition) is 2. The zero-order chi connectivity index (χ0) is 14.1. The summed E-state index contributed by atoms with van der Waals surface area (Å²) in [5.74, 6) is 0.0955. The first-order valence-electron chi connectivity index (χ1n) is 7.41. The van der Waals surface area contributed by atoms with Crippen LogP contribution in [0.5, 0.6) is 0 Å². The van der Waals surface area contributed by atoms with E-state index in [1.807, 2.05) is 0 Å². The fraction of sp³-hybridized carbons (Fsp3) is 0.929. The van der Waals surface area contributed by atoms with E-state index in [1.165, 1.54) is 0 Å². The molecule has 1 saturated heterocycles. The fourth-order valence-electron chi connectivity index (χ4n) is 2.11. The van der Waals surface area contributed by atoms with Crippen molar-refractivity contribution >= 4 is 5.91 Å². The monoisotopic (exact) mass is 271 g/mol. The number of likely N-dealkylation sites (N-methyl/N-ethyl adjacent to an activating group) is 1. The highest BCUT2D eigenvalue weighted by molar-refractivity contribution is 5.78. The van der Waals surface area contributed by atoms with Crippen molar-refractivity contribution in [2.75, 3.05) is 39.9 Å². The summed E-state index contributed by atoms with van der Waals surface area (Å²) in [4.78, 5) is 14.0. The summed E-state index contributed by atoms with van der Waals surface area (Å²) >= 11 is 0. The van der Waals surface area contributed by atoms with Crippen LogP contribution in [0.4, 0.5) is 0 Å². The van der Waals surface area contributed by atoms with Gasteiger partial charge in [-0.25, -0.2) is 0 Å². The highest BCUT2D eigenvalue weighted by Crippen LogP contribution is 2.05. The van der Waals surface area contributed by atoms with Crippen LogP contribution in [0.2, 0.25) is 0 Å². The van der Waals surface area contributed by atoms with Gasteiger partial charge in [0.05, 0.1) is 6.54 Å². The van der Waals surface area contributed by atoms with Crippen LogP contribution in [0.15, 0.2) is 0 Å². The topological polar surface area (TPSA) is 53.6 Å². The van der Waals surface area contributed by atoms with Gasteiger partial charge in [0.15, 0.2) is 0 Å². The predicted octanol–water partition coefficient (Wildman–Crippen LogP) is 0.602. The molecular weight excluding hydrogens is 242 g/mol. The van der Waals surface area contributed by atoms with E-state index in [2.05, 4.69) is 36.4 Å². The summed E-state index contributed by atoms with van der Waals surface area (Å²) in [6.07, 6.45) is 3.02. The zero-order valence-electron chi connectivity index (χ0n) is 12.6. The molecule has 1 fully saturated rings. The second-order valence-electron chi connectivity index (χ2n) is 5.37. The van der Waals surface area contributed by atoms with Crippen molar-refractivity contribution in [3.8, 4) is 0 Å². The van der Waals surface area contributed by atoms with Crippen LogP contribution in [-0.2, 0) is 9.53 Å². The van der Waals surface area contributed by atoms with Gasteiger partial charge in [0.2, 0.25) is 5.91 Å². The minimum Gasteiger partial charge on any atom is -0.381 e. The van der Waals surface area contributed by atoms with Crippen LogP contribution in [0.1, 0.15) is 33.1 Å². The Balaban J connectivity index is 2.03. The lowest BCUT2D eigenvalue weighted by molar-refractivity contribution is -0.121. The molecule has 1 atom stereocenters. The van der Waals surface area contributed by atoms with E-state index in [0.717, 1.165) is 45.6 Å². The van der Waals surface area contributed by atoms with Gasteiger partial charge in [-0.05, 0) is 33.2 Å². The third kappa shape index (κ3) is 6.89. The third-order valence-corrected chi connectivity index (χ3v) is 3.86. The summed E-state index contributed by atoms with van der Waals surface area (Å²) in [6.45, 7) is 8.16. The van der Waals surface area contributed by atoms with Crippen LogP contribution < -0.4 is 10.6 Å². The summed E-state index contributed by atoms with van der Waals surface area (Å²) in [6, 6.07) is 0.892. The van der Waals surface area contributed by atoms with Crippen molar-refractivity contribution in [1.29, 1.82) is 0 Å². The standard InChI is InChI=1S/C14H29N3O2/c1-4-12(2)17(3)8-7-15-11-14(18)16-13-5-9-19-10-6-13/h12-13,15H,4-11H2,1-3H3,(H,16,18). The molecule has 0 radical (unpaired) electrons. The van der Waals surface area contributed by atoms with Crippen molar-refractivity contribution < 1.29 is 9.53 Å². The number of hydrogen-bond acceptors (Lipinski definition) is 4. The van der Waals surface area contributed by atoms with Crippen molar-refractivity contribution in [3.05, 3.63) is 0 Å². The normalized spacial score (nSPS) is 18.5. The molecule has 1 aliphatic heterocycles. The largest absolute Gasteiger partial charge is 0.381 e. The Morgan fingerprint density at radius 3 is 2.74 bits per heavy atom. The molecule has 0 aromatic heterocycles. The van der Waals surface area contributed by atoms with Crippen molar-refractivity contribution in [2.45, 2.75) is 45.2 Å². The fourth-order valence-corrected chi connectivity index (χ4v) is 2.11. The van der Waals surface area contributed by atoms with E-state index in [1.54, 1.807) is 0 Å². The number of rotatable bonds is 8. The molecule has 0 aromatic rings. The summed E-state index contributed by atoms with van der Waals surface area (Å²) in [5, 5.41) is 6.25. The van der Waals surface area contributed by atoms with Crippen molar-refractivity contribution in [1.82, 2.24) is 15.5 Å². The van der Waals surface area contributed by atoms with Crippen molar-refractivity contribution in [2.24, 2.45) is 0 Å². The molecule has 19 heavy (non-hydrogen) atoms. The molecule has 1 amide bonds. The molecule has 0 spiro atoms. The molecule has 0 aromatic carbocycles. The van der Waals surface area contributed by atoms with E-state index >= 15 is 0 Å². The molecule has 5 heteroatoms. The zero-order valence-corrected chi connectivity index (χ0v) is 12.6. The van der Waals surface area contributed by atoms with E-state index in [-0.39, 0.29) is 5.91 Å². The van der Waals surface area contributed by atoms with Crippen LogP contribution in [0.3, 0.4) is 0 Å². The molecule has 0 bridgehead atoms. The second kappa shape index (κ2) is 9.28. The van der Waals surface area contributed by atoms with Crippen LogP contribution in [0, 0.1) is 0 Å². The van der Waals surface area contributed by atoms with Gasteiger partial charge in [-0.15, -0.1) is 0 Å². The molecule has 1 heterocycles. The lowest BCUT2D eigenvalue weighted by Gasteiger charge is -2.24. The van der Waals surface area contributed by atoms with E-state index in [9.17, 15) is 4.79 Å². The number of amides is 1. The van der Waals surface area contributed by atoms with Gasteiger partial charge in [-0.1, -0.05) is 6.92 Å². The molecule has 5 nitrogen and oxygen atoms in total. The maximum absolute atomic E-state index is 11.7. The smallest absolute Gasteiger partial charge is 0.234 e. The van der Waals surface area contributed by atoms with E-state index < -0.39 is 0 Å². The SMILES string of the molecule is CCC(C)N(C)CCNCC(=O)NC1CCOCC1. The minimum atomic E-state index is 0.0955. The maximum Gasteiger partial charge on any atom is 0.234 e. The average Bonchev–Trinajstić information content (AvgIpc) is 2.43. The van der Waals surface area contributed by atoms with Crippen LogP contribution >= 0.6 is 0 Å². The highest BCUT2D eigenvalue weighted by atomic mass is 16.5. The summed E-state index contributed by atoms with van der Waals surface area (Å²) < 4.78 is 5.27. The Bertz CT molecular complexity index is 255. The summed E-state index contributed by atoms with van der Waals surface area (Å²) in [5.41, 5.74) is 0. The van der Waals surface area contributed by atoms with Gasteiger partial charge in [-0.2, -0.15) is 0 Å². The summed E-state index contributed by atoms with van der Waals surface area (Å²) in [7, 11) is 2.12. The first-order valence-corrected chi connectivity index (χ1v) is 7.41. The quantitative estimate of drug-likeness (QED) is 0.635. The molecule has 1 aliphatic rings. The first kappa shape index (κ1) is 16.4. The Hall–Kier alpha value is -0.650. The Labute approximate surface area is 117 Å². The number of nitrogens with one attached hydrogen (secondary N) is 2. The lowest BCUT2D eigenvalue weighted by atomic mass is 10.1. The number of ether oxygens (including phenoxy) is 1. The van der Waals surface area contributed by atoms with Gasteiger partial charge >= 0.3 is 0 Å². The highest BCUT2D eigenvalue weighted by Gasteiger charge is 2.15. The van der Waals surface area contributed by atoms with Gasteiger partial charge in [0.1, 0.15) is 0 Å². The number of carbonyl (C=O) groups excluding carboxylic acids is 1. The van der Waals surface area contributed by atoms with Crippen molar-refractivity contribution in [3.63, 3.8) is 0 Å². The van der Waals surface area contributed by atoms with Gasteiger partial charge in [-0.3, -0.25) is 4.79 Å². The van der Waals surface area contributed by atoms with E-state index in [4.69, 9.17) is 4.74 Å².